The highest BCUT2D eigenvalue weighted by Gasteiger charge is 2.47. The highest BCUT2D eigenvalue weighted by Crippen LogP contribution is 2.56. The number of hydrogen-bond donors (Lipinski definition) is 0. The van der Waals surface area contributed by atoms with Gasteiger partial charge in [0.15, 0.2) is 0 Å². The van der Waals surface area contributed by atoms with E-state index in [-0.39, 0.29) is 28.5 Å². The van der Waals surface area contributed by atoms with Crippen molar-refractivity contribution in [1.29, 1.82) is 0 Å². The number of anilines is 2. The second-order valence-corrected chi connectivity index (χ2v) is 24.1. The van der Waals surface area contributed by atoms with Crippen molar-refractivity contribution in [3.63, 3.8) is 0 Å². The molecule has 4 aliphatic rings. The monoisotopic (exact) mass is 868 g/mol. The second-order valence-electron chi connectivity index (χ2n) is 23.0. The first-order chi connectivity index (χ1) is 31.5. The van der Waals surface area contributed by atoms with Gasteiger partial charge in [0, 0.05) is 64.4 Å². The van der Waals surface area contributed by atoms with Gasteiger partial charge in [-0.15, -0.1) is 11.3 Å². The molecule has 10 aromatic rings. The molecule has 0 amide bonds. The van der Waals surface area contributed by atoms with E-state index in [9.17, 15) is 0 Å². The lowest BCUT2D eigenvalue weighted by Gasteiger charge is -2.42. The summed E-state index contributed by atoms with van der Waals surface area (Å²) < 4.78 is 5.37. The Labute approximate surface area is 392 Å². The Morgan fingerprint density at radius 2 is 1.11 bits per heavy atom. The molecule has 2 nitrogen and oxygen atoms in total. The minimum Gasteiger partial charge on any atom is -0.376 e. The number of fused-ring (bicyclic) bond motifs is 17. The van der Waals surface area contributed by atoms with E-state index >= 15 is 0 Å². The Morgan fingerprint density at radius 3 is 1.89 bits per heavy atom. The molecular formula is C62H53BN2S. The zero-order valence-corrected chi connectivity index (χ0v) is 40.5. The summed E-state index contributed by atoms with van der Waals surface area (Å²) in [6, 6.07) is 55.3. The first-order valence-electron chi connectivity index (χ1n) is 24.0. The van der Waals surface area contributed by atoms with Crippen LogP contribution in [0, 0.1) is 0 Å². The van der Waals surface area contributed by atoms with Gasteiger partial charge >= 0.3 is 6.85 Å². The molecule has 320 valence electrons. The summed E-state index contributed by atoms with van der Waals surface area (Å²) in [7, 11) is 0. The van der Waals surface area contributed by atoms with Crippen LogP contribution in [0.5, 0.6) is 0 Å². The molecule has 66 heavy (non-hydrogen) atoms. The molecule has 0 radical (unpaired) electrons. The fourth-order valence-corrected chi connectivity index (χ4v) is 14.0. The molecule has 0 atom stereocenters. The van der Waals surface area contributed by atoms with E-state index < -0.39 is 0 Å². The van der Waals surface area contributed by atoms with Crippen LogP contribution in [-0.2, 0) is 21.7 Å². The van der Waals surface area contributed by atoms with Gasteiger partial charge < -0.3 is 9.38 Å². The lowest BCUT2D eigenvalue weighted by Crippen LogP contribution is -2.60. The molecule has 2 aliphatic heterocycles. The Morgan fingerprint density at radius 1 is 0.455 bits per heavy atom. The quantitative estimate of drug-likeness (QED) is 0.149. The Bertz CT molecular complexity index is 3840. The van der Waals surface area contributed by atoms with Crippen molar-refractivity contribution in [2.24, 2.45) is 0 Å². The number of nitrogens with zero attached hydrogens (tertiary/aromatic N) is 2. The lowest BCUT2D eigenvalue weighted by molar-refractivity contribution is 0.584. The minimum atomic E-state index is -0.156. The van der Waals surface area contributed by atoms with Crippen LogP contribution in [0.3, 0.4) is 0 Å². The average Bonchev–Trinajstić information content (AvgIpc) is 3.96. The fourth-order valence-electron chi connectivity index (χ4n) is 12.9. The third-order valence-electron chi connectivity index (χ3n) is 16.5. The Hall–Kier alpha value is -6.36. The van der Waals surface area contributed by atoms with E-state index in [2.05, 4.69) is 218 Å². The van der Waals surface area contributed by atoms with Gasteiger partial charge in [-0.1, -0.05) is 154 Å². The molecule has 8 aromatic carbocycles. The smallest absolute Gasteiger partial charge is 0.333 e. The van der Waals surface area contributed by atoms with Crippen molar-refractivity contribution in [3.8, 4) is 39.1 Å². The van der Waals surface area contributed by atoms with E-state index in [0.717, 1.165) is 0 Å². The van der Waals surface area contributed by atoms with Crippen LogP contribution >= 0.6 is 11.3 Å². The van der Waals surface area contributed by atoms with Gasteiger partial charge in [0.2, 0.25) is 0 Å². The summed E-state index contributed by atoms with van der Waals surface area (Å²) in [5.41, 5.74) is 25.6. The van der Waals surface area contributed by atoms with Gasteiger partial charge in [0.25, 0.3) is 0 Å². The third kappa shape index (κ3) is 4.83. The first-order valence-corrected chi connectivity index (χ1v) is 24.8. The molecule has 0 fully saturated rings. The number of benzene rings is 8. The van der Waals surface area contributed by atoms with E-state index in [1.165, 1.54) is 137 Å². The fraction of sp³-hybridized carbons (Fsp3) is 0.226. The summed E-state index contributed by atoms with van der Waals surface area (Å²) in [5, 5.41) is 5.32. The number of thiophene rings is 1. The van der Waals surface area contributed by atoms with E-state index in [4.69, 9.17) is 0 Å². The van der Waals surface area contributed by atoms with Crippen molar-refractivity contribution in [2.45, 2.75) is 90.9 Å². The van der Waals surface area contributed by atoms with Crippen molar-refractivity contribution >= 4 is 82.5 Å². The molecule has 0 saturated carbocycles. The minimum absolute atomic E-state index is 0.0413. The third-order valence-corrected chi connectivity index (χ3v) is 17.6. The standard InChI is InChI=1S/C62H53BN2S/c1-59(2,3)34-19-22-36(23-20-34)65-53-30-43-38-24-21-35(60(4,5)6)27-48(38)62(9,10)49(43)29-45(53)40-25-26-41-44-28-42-37-15-11-13-17-47(37)61(7,8)50(42)32-52(44)64-54-31-46-39-16-12-14-18-55(39)66-56(46)33-51(54)63(65)57(40)58(41)64/h11-33H,1-10H3. The zero-order chi connectivity index (χ0) is 45.1. The van der Waals surface area contributed by atoms with Crippen molar-refractivity contribution in [3.05, 3.63) is 173 Å². The maximum Gasteiger partial charge on any atom is 0.333 e. The molecule has 2 aliphatic carbocycles. The summed E-state index contributed by atoms with van der Waals surface area (Å²) in [4.78, 5) is 2.73. The van der Waals surface area contributed by atoms with Gasteiger partial charge in [0.1, 0.15) is 0 Å². The zero-order valence-electron chi connectivity index (χ0n) is 39.7. The molecule has 0 saturated heterocycles. The van der Waals surface area contributed by atoms with Crippen LogP contribution < -0.4 is 15.7 Å². The highest BCUT2D eigenvalue weighted by molar-refractivity contribution is 7.26. The Kier molecular flexibility index (Phi) is 7.27. The maximum atomic E-state index is 2.73. The molecule has 0 spiro atoms. The molecule has 2 aromatic heterocycles. The molecule has 4 heterocycles. The second kappa shape index (κ2) is 12.3. The summed E-state index contributed by atoms with van der Waals surface area (Å²) in [6.45, 7) is 23.6. The lowest BCUT2D eigenvalue weighted by atomic mass is 9.44. The van der Waals surface area contributed by atoms with Crippen LogP contribution in [0.4, 0.5) is 11.4 Å². The molecule has 14 rings (SSSR count). The van der Waals surface area contributed by atoms with Crippen LogP contribution in [0.15, 0.2) is 140 Å². The number of rotatable bonds is 1. The van der Waals surface area contributed by atoms with E-state index in [1.54, 1.807) is 0 Å². The summed E-state index contributed by atoms with van der Waals surface area (Å²) in [6.07, 6.45) is 0. The highest BCUT2D eigenvalue weighted by atomic mass is 32.1. The summed E-state index contributed by atoms with van der Waals surface area (Å²) in [5.74, 6) is 0. The maximum absolute atomic E-state index is 2.73. The molecule has 0 unspecified atom stereocenters. The summed E-state index contributed by atoms with van der Waals surface area (Å²) >= 11 is 1.93. The molecule has 0 N–H and O–H groups in total. The van der Waals surface area contributed by atoms with Gasteiger partial charge in [-0.05, 0) is 138 Å². The van der Waals surface area contributed by atoms with Gasteiger partial charge in [-0.3, -0.25) is 0 Å². The van der Waals surface area contributed by atoms with Crippen LogP contribution in [0.25, 0.3) is 81.0 Å². The topological polar surface area (TPSA) is 8.17 Å². The normalized spacial score (nSPS) is 15.9. The van der Waals surface area contributed by atoms with Gasteiger partial charge in [0.05, 0.1) is 11.0 Å². The SMILES string of the molecule is CC(C)(C)c1ccc(N2B3c4cc5sc6ccccc6c5cc4-n4c5cc6c(cc5c5ccc(c3c54)-c3cc4c(cc32)-c2ccc(C(C)(C)C)cc2C4(C)C)-c2ccccc2C6(C)C)cc1. The predicted molar refractivity (Wildman–Crippen MR) is 285 cm³/mol. The predicted octanol–water partition coefficient (Wildman–Crippen LogP) is 15.6. The average molecular weight is 869 g/mol. The number of hydrogen-bond acceptors (Lipinski definition) is 2. The van der Waals surface area contributed by atoms with Gasteiger partial charge in [-0.25, -0.2) is 0 Å². The van der Waals surface area contributed by atoms with Crippen LogP contribution in [0.1, 0.15) is 103 Å². The molecule has 4 heteroatoms. The molecule has 0 bridgehead atoms. The van der Waals surface area contributed by atoms with Crippen molar-refractivity contribution in [2.75, 3.05) is 4.81 Å². The largest absolute Gasteiger partial charge is 0.376 e. The Balaban J connectivity index is 1.13. The first kappa shape index (κ1) is 38.9. The van der Waals surface area contributed by atoms with E-state index in [1.807, 2.05) is 11.3 Å². The van der Waals surface area contributed by atoms with Crippen LogP contribution in [0.2, 0.25) is 0 Å². The van der Waals surface area contributed by atoms with Crippen LogP contribution in [-0.4, -0.2) is 11.4 Å². The van der Waals surface area contributed by atoms with E-state index in [0.29, 0.717) is 0 Å². The van der Waals surface area contributed by atoms with Gasteiger partial charge in [-0.2, -0.15) is 0 Å². The van der Waals surface area contributed by atoms with Crippen molar-refractivity contribution in [1.82, 2.24) is 4.57 Å². The number of aromatic nitrogens is 1. The van der Waals surface area contributed by atoms with Crippen molar-refractivity contribution < 1.29 is 0 Å². The molecular weight excluding hydrogens is 816 g/mol.